The maximum Gasteiger partial charge on any atom is 0.260 e. The molecule has 1 aromatic carbocycles. The third-order valence-electron chi connectivity index (χ3n) is 3.95. The molecular weight excluding hydrogens is 332 g/mol. The smallest absolute Gasteiger partial charge is 0.260 e. The lowest BCUT2D eigenvalue weighted by Gasteiger charge is -2.35. The number of carbonyl (C=O) groups is 1. The summed E-state index contributed by atoms with van der Waals surface area (Å²) in [4.78, 5) is 14.1. The van der Waals surface area contributed by atoms with Crippen molar-refractivity contribution < 1.29 is 22.7 Å². The number of likely N-dealkylation sites (tertiary alicyclic amines) is 1. The van der Waals surface area contributed by atoms with Gasteiger partial charge in [-0.1, -0.05) is 0 Å². The van der Waals surface area contributed by atoms with Crippen molar-refractivity contribution in [2.24, 2.45) is 0 Å². The molecule has 0 spiro atoms. The van der Waals surface area contributed by atoms with Gasteiger partial charge in [-0.25, -0.2) is 13.1 Å². The number of nitrogens with one attached hydrogen (secondary N) is 1. The van der Waals surface area contributed by atoms with E-state index in [0.29, 0.717) is 12.3 Å². The number of nitrogens with zero attached hydrogens (tertiary/aromatic N) is 1. The van der Waals surface area contributed by atoms with Crippen molar-refractivity contribution in [3.05, 3.63) is 24.3 Å². The summed E-state index contributed by atoms with van der Waals surface area (Å²) in [5.41, 5.74) is 0. The number of methoxy groups -OCH3 is 1. The van der Waals surface area contributed by atoms with Gasteiger partial charge in [-0.2, -0.15) is 0 Å². The maximum atomic E-state index is 12.4. The number of benzene rings is 1. The topological polar surface area (TPSA) is 84.9 Å². The van der Waals surface area contributed by atoms with Gasteiger partial charge in [0.15, 0.2) is 6.61 Å². The molecule has 7 nitrogen and oxygen atoms in total. The Kier molecular flexibility index (Phi) is 6.44. The first-order valence-electron chi connectivity index (χ1n) is 7.90. The van der Waals surface area contributed by atoms with E-state index in [0.717, 1.165) is 31.3 Å². The van der Waals surface area contributed by atoms with Gasteiger partial charge in [-0.3, -0.25) is 4.79 Å². The molecule has 1 aromatic rings. The molecule has 8 heteroatoms. The summed E-state index contributed by atoms with van der Waals surface area (Å²) in [5.74, 6) is 1.18. The van der Waals surface area contributed by atoms with Crippen LogP contribution in [-0.4, -0.2) is 58.3 Å². The van der Waals surface area contributed by atoms with Gasteiger partial charge in [-0.05, 0) is 43.5 Å². The molecule has 1 fully saturated rings. The van der Waals surface area contributed by atoms with Crippen LogP contribution in [0.15, 0.2) is 24.3 Å². The standard InChI is InChI=1S/C16H24N2O5S/c1-22-14-6-8-15(9-7-14)23-12-16(19)18-10-4-3-5-13(18)11-17-24(2,20)21/h6-9,13,17H,3-5,10-12H2,1-2H3/t13-/m0/s1. The second-order valence-electron chi connectivity index (χ2n) is 5.82. The highest BCUT2D eigenvalue weighted by atomic mass is 32.2. The van der Waals surface area contributed by atoms with E-state index in [9.17, 15) is 13.2 Å². The predicted octanol–water partition coefficient (Wildman–Crippen LogP) is 1.00. The van der Waals surface area contributed by atoms with Gasteiger partial charge in [0.1, 0.15) is 11.5 Å². The Morgan fingerprint density at radius 1 is 1.25 bits per heavy atom. The van der Waals surface area contributed by atoms with Gasteiger partial charge in [0.05, 0.1) is 13.4 Å². The largest absolute Gasteiger partial charge is 0.497 e. The van der Waals surface area contributed by atoms with Gasteiger partial charge in [0.2, 0.25) is 10.0 Å². The molecule has 0 radical (unpaired) electrons. The average molecular weight is 356 g/mol. The van der Waals surface area contributed by atoms with Crippen LogP contribution in [0.25, 0.3) is 0 Å². The highest BCUT2D eigenvalue weighted by Gasteiger charge is 2.27. The minimum Gasteiger partial charge on any atom is -0.497 e. The molecule has 1 N–H and O–H groups in total. The number of hydrogen-bond donors (Lipinski definition) is 1. The second kappa shape index (κ2) is 8.34. The van der Waals surface area contributed by atoms with Crippen LogP contribution < -0.4 is 14.2 Å². The van der Waals surface area contributed by atoms with Gasteiger partial charge in [0.25, 0.3) is 5.91 Å². The fourth-order valence-electron chi connectivity index (χ4n) is 2.69. The SMILES string of the molecule is COc1ccc(OCC(=O)N2CCCC[C@H]2CNS(C)(=O)=O)cc1. The fraction of sp³-hybridized carbons (Fsp3) is 0.562. The van der Waals surface area contributed by atoms with Crippen molar-refractivity contribution in [3.8, 4) is 11.5 Å². The van der Waals surface area contributed by atoms with Crippen LogP contribution in [0.1, 0.15) is 19.3 Å². The molecule has 2 rings (SSSR count). The van der Waals surface area contributed by atoms with E-state index in [1.165, 1.54) is 0 Å². The van der Waals surface area contributed by atoms with Gasteiger partial charge in [-0.15, -0.1) is 0 Å². The average Bonchev–Trinajstić information content (AvgIpc) is 2.58. The minimum absolute atomic E-state index is 0.0678. The number of ether oxygens (including phenoxy) is 2. The van der Waals surface area contributed by atoms with Crippen molar-refractivity contribution in [2.45, 2.75) is 25.3 Å². The zero-order valence-corrected chi connectivity index (χ0v) is 14.8. The summed E-state index contributed by atoms with van der Waals surface area (Å²) >= 11 is 0. The molecule has 0 aromatic heterocycles. The summed E-state index contributed by atoms with van der Waals surface area (Å²) in [6.07, 6.45) is 3.81. The Morgan fingerprint density at radius 2 is 1.92 bits per heavy atom. The molecule has 0 bridgehead atoms. The maximum absolute atomic E-state index is 12.4. The van der Waals surface area contributed by atoms with E-state index < -0.39 is 10.0 Å². The Morgan fingerprint density at radius 3 is 2.54 bits per heavy atom. The lowest BCUT2D eigenvalue weighted by Crippen LogP contribution is -2.50. The summed E-state index contributed by atoms with van der Waals surface area (Å²) in [6.45, 7) is 0.801. The van der Waals surface area contributed by atoms with E-state index in [2.05, 4.69) is 4.72 Å². The van der Waals surface area contributed by atoms with E-state index >= 15 is 0 Å². The van der Waals surface area contributed by atoms with Crippen LogP contribution in [0.4, 0.5) is 0 Å². The Bertz CT molecular complexity index is 645. The Labute approximate surface area is 143 Å². The highest BCUT2D eigenvalue weighted by Crippen LogP contribution is 2.19. The van der Waals surface area contributed by atoms with Crippen molar-refractivity contribution in [3.63, 3.8) is 0 Å². The monoisotopic (exact) mass is 356 g/mol. The molecule has 134 valence electrons. The highest BCUT2D eigenvalue weighted by molar-refractivity contribution is 7.88. The number of sulfonamides is 1. The first-order valence-corrected chi connectivity index (χ1v) is 9.79. The normalized spacial score (nSPS) is 18.2. The Balaban J connectivity index is 1.90. The molecule has 1 atom stereocenters. The van der Waals surface area contributed by atoms with Crippen LogP contribution in [0, 0.1) is 0 Å². The molecule has 1 aliphatic heterocycles. The molecule has 1 saturated heterocycles. The number of piperidine rings is 1. The minimum atomic E-state index is -3.27. The van der Waals surface area contributed by atoms with Gasteiger partial charge in [0, 0.05) is 19.1 Å². The van der Waals surface area contributed by atoms with E-state index in [1.54, 1.807) is 36.3 Å². The lowest BCUT2D eigenvalue weighted by molar-refractivity contribution is -0.136. The zero-order chi connectivity index (χ0) is 17.6. The first kappa shape index (κ1) is 18.5. The van der Waals surface area contributed by atoms with Crippen LogP contribution in [-0.2, 0) is 14.8 Å². The predicted molar refractivity (Wildman–Crippen MR) is 90.7 cm³/mol. The van der Waals surface area contributed by atoms with E-state index in [4.69, 9.17) is 9.47 Å². The lowest BCUT2D eigenvalue weighted by atomic mass is 10.0. The summed E-state index contributed by atoms with van der Waals surface area (Å²) in [6, 6.07) is 6.88. The third kappa shape index (κ3) is 5.68. The van der Waals surface area contributed by atoms with Crippen LogP contribution in [0.2, 0.25) is 0 Å². The zero-order valence-electron chi connectivity index (χ0n) is 14.0. The van der Waals surface area contributed by atoms with Crippen LogP contribution >= 0.6 is 0 Å². The van der Waals surface area contributed by atoms with Crippen LogP contribution in [0.5, 0.6) is 11.5 Å². The summed E-state index contributed by atoms with van der Waals surface area (Å²) in [5, 5.41) is 0. The molecule has 1 heterocycles. The quantitative estimate of drug-likeness (QED) is 0.788. The molecule has 1 amide bonds. The van der Waals surface area contributed by atoms with E-state index in [1.807, 2.05) is 0 Å². The van der Waals surface area contributed by atoms with Crippen molar-refractivity contribution >= 4 is 15.9 Å². The third-order valence-corrected chi connectivity index (χ3v) is 4.64. The number of hydrogen-bond acceptors (Lipinski definition) is 5. The van der Waals surface area contributed by atoms with Gasteiger partial charge >= 0.3 is 0 Å². The van der Waals surface area contributed by atoms with Crippen molar-refractivity contribution in [1.29, 1.82) is 0 Å². The molecule has 1 aliphatic rings. The second-order valence-corrected chi connectivity index (χ2v) is 7.65. The van der Waals surface area contributed by atoms with Crippen molar-refractivity contribution in [2.75, 3.05) is 33.1 Å². The Hall–Kier alpha value is -1.80. The number of amides is 1. The van der Waals surface area contributed by atoms with Crippen molar-refractivity contribution in [1.82, 2.24) is 9.62 Å². The first-order chi connectivity index (χ1) is 11.4. The van der Waals surface area contributed by atoms with E-state index in [-0.39, 0.29) is 25.1 Å². The molecule has 24 heavy (non-hydrogen) atoms. The van der Waals surface area contributed by atoms with Gasteiger partial charge < -0.3 is 14.4 Å². The summed E-state index contributed by atoms with van der Waals surface area (Å²) in [7, 11) is -1.68. The molecule has 0 saturated carbocycles. The molecule has 0 aliphatic carbocycles. The summed E-state index contributed by atoms with van der Waals surface area (Å²) < 4.78 is 35.6. The molecule has 0 unspecified atom stereocenters. The number of carbonyl (C=O) groups excluding carboxylic acids is 1. The van der Waals surface area contributed by atoms with Crippen LogP contribution in [0.3, 0.4) is 0 Å². The number of rotatable bonds is 7. The fourth-order valence-corrected chi connectivity index (χ4v) is 3.18. The molecular formula is C16H24N2O5S.